The van der Waals surface area contributed by atoms with E-state index in [1.807, 2.05) is 31.2 Å². The molecule has 1 heterocycles. The Kier molecular flexibility index (Phi) is 2.61. The Morgan fingerprint density at radius 1 is 1.44 bits per heavy atom. The summed E-state index contributed by atoms with van der Waals surface area (Å²) in [6, 6.07) is 9.52. The van der Waals surface area contributed by atoms with Crippen molar-refractivity contribution in [1.82, 2.24) is 9.55 Å². The second-order valence-corrected chi connectivity index (χ2v) is 3.53. The van der Waals surface area contributed by atoms with Gasteiger partial charge in [-0.1, -0.05) is 18.2 Å². The number of nitrogens with one attached hydrogen (secondary N) is 1. The van der Waals surface area contributed by atoms with Gasteiger partial charge in [-0.05, 0) is 18.6 Å². The van der Waals surface area contributed by atoms with Crippen molar-refractivity contribution < 1.29 is 0 Å². The van der Waals surface area contributed by atoms with Crippen LogP contribution in [0.15, 0.2) is 35.3 Å². The zero-order valence-electron chi connectivity index (χ0n) is 8.90. The molecule has 0 bridgehead atoms. The van der Waals surface area contributed by atoms with Crippen molar-refractivity contribution in [3.05, 3.63) is 52.2 Å². The number of benzene rings is 1. The first-order valence-electron chi connectivity index (χ1n) is 4.96. The number of nitrogens with zero attached hydrogens (tertiary/aromatic N) is 2. The summed E-state index contributed by atoms with van der Waals surface area (Å²) in [7, 11) is 0. The number of H-pyrrole nitrogens is 1. The molecule has 0 fully saturated rings. The lowest BCUT2D eigenvalue weighted by Crippen LogP contribution is -2.17. The molecule has 0 radical (unpaired) electrons. The van der Waals surface area contributed by atoms with Crippen LogP contribution >= 0.6 is 0 Å². The minimum absolute atomic E-state index is 0.178. The van der Waals surface area contributed by atoms with Gasteiger partial charge in [0.05, 0.1) is 18.2 Å². The molecule has 0 spiro atoms. The van der Waals surface area contributed by atoms with Crippen LogP contribution < -0.4 is 5.69 Å². The van der Waals surface area contributed by atoms with Crippen LogP contribution in [0.4, 0.5) is 0 Å². The van der Waals surface area contributed by atoms with E-state index < -0.39 is 0 Å². The molecule has 2 rings (SSSR count). The molecule has 80 valence electrons. The van der Waals surface area contributed by atoms with E-state index in [-0.39, 0.29) is 5.69 Å². The minimum Gasteiger partial charge on any atom is -0.312 e. The highest BCUT2D eigenvalue weighted by Crippen LogP contribution is 2.14. The number of nitriles is 1. The smallest absolute Gasteiger partial charge is 0.312 e. The number of aryl methyl sites for hydroxylation is 1. The summed E-state index contributed by atoms with van der Waals surface area (Å²) in [5.74, 6) is 0. The Balaban J connectivity index is 2.65. The van der Waals surface area contributed by atoms with E-state index in [1.165, 1.54) is 0 Å². The number of imidazole rings is 1. The van der Waals surface area contributed by atoms with Gasteiger partial charge in [0.25, 0.3) is 0 Å². The fraction of sp³-hybridized carbons (Fsp3) is 0.167. The molecule has 1 aromatic heterocycles. The van der Waals surface area contributed by atoms with Crippen molar-refractivity contribution in [2.45, 2.75) is 13.3 Å². The molecular formula is C12H11N3O. The summed E-state index contributed by atoms with van der Waals surface area (Å²) in [5.41, 5.74) is 2.28. The minimum atomic E-state index is -0.178. The highest BCUT2D eigenvalue weighted by molar-refractivity contribution is 5.43. The van der Waals surface area contributed by atoms with Crippen LogP contribution in [0, 0.1) is 18.3 Å². The maximum Gasteiger partial charge on any atom is 0.330 e. The van der Waals surface area contributed by atoms with Crippen LogP contribution in [0.2, 0.25) is 0 Å². The van der Waals surface area contributed by atoms with Crippen molar-refractivity contribution >= 4 is 0 Å². The van der Waals surface area contributed by atoms with Crippen molar-refractivity contribution in [2.24, 2.45) is 0 Å². The van der Waals surface area contributed by atoms with E-state index >= 15 is 0 Å². The topological polar surface area (TPSA) is 61.6 Å². The normalized spacial score (nSPS) is 10.0. The molecule has 2 aromatic rings. The lowest BCUT2D eigenvalue weighted by atomic mass is 10.1. The molecule has 1 aromatic carbocycles. The van der Waals surface area contributed by atoms with E-state index in [1.54, 1.807) is 10.8 Å². The largest absolute Gasteiger partial charge is 0.330 e. The maximum absolute atomic E-state index is 11.6. The average Bonchev–Trinajstić information content (AvgIpc) is 2.60. The Morgan fingerprint density at radius 2 is 2.19 bits per heavy atom. The molecule has 0 atom stereocenters. The Morgan fingerprint density at radius 3 is 2.81 bits per heavy atom. The monoisotopic (exact) mass is 213 g/mol. The van der Waals surface area contributed by atoms with Crippen molar-refractivity contribution in [2.75, 3.05) is 0 Å². The highest BCUT2D eigenvalue weighted by atomic mass is 16.1. The molecule has 0 unspecified atom stereocenters. The van der Waals surface area contributed by atoms with Gasteiger partial charge in [-0.15, -0.1) is 0 Å². The average molecular weight is 213 g/mol. The van der Waals surface area contributed by atoms with Gasteiger partial charge in [-0.25, -0.2) is 4.79 Å². The second kappa shape index (κ2) is 4.07. The third-order valence-electron chi connectivity index (χ3n) is 2.46. The van der Waals surface area contributed by atoms with Crippen LogP contribution in [0.25, 0.3) is 5.69 Å². The summed E-state index contributed by atoms with van der Waals surface area (Å²) in [6.07, 6.45) is 1.96. The lowest BCUT2D eigenvalue weighted by molar-refractivity contribution is 0.933. The summed E-state index contributed by atoms with van der Waals surface area (Å²) in [4.78, 5) is 14.3. The number of rotatable bonds is 2. The molecule has 0 aliphatic heterocycles. The fourth-order valence-corrected chi connectivity index (χ4v) is 1.72. The van der Waals surface area contributed by atoms with Gasteiger partial charge in [-0.3, -0.25) is 4.57 Å². The molecule has 0 aliphatic rings. The third kappa shape index (κ3) is 1.63. The van der Waals surface area contributed by atoms with E-state index in [0.717, 1.165) is 16.9 Å². The number of para-hydroxylation sites is 1. The molecule has 0 amide bonds. The Bertz CT molecular complexity index is 601. The SMILES string of the molecule is Cc1c[nH]c(=O)n1-c1ccccc1CC#N. The number of hydrogen-bond acceptors (Lipinski definition) is 2. The van der Waals surface area contributed by atoms with Gasteiger partial charge in [-0.2, -0.15) is 5.26 Å². The number of aromatic nitrogens is 2. The molecule has 4 nitrogen and oxygen atoms in total. The Labute approximate surface area is 92.8 Å². The van der Waals surface area contributed by atoms with Crippen molar-refractivity contribution in [3.63, 3.8) is 0 Å². The summed E-state index contributed by atoms with van der Waals surface area (Å²) in [6.45, 7) is 1.85. The highest BCUT2D eigenvalue weighted by Gasteiger charge is 2.08. The predicted octanol–water partition coefficient (Wildman–Crippen LogP) is 1.54. The van der Waals surface area contributed by atoms with Gasteiger partial charge in [0.1, 0.15) is 0 Å². The van der Waals surface area contributed by atoms with E-state index in [2.05, 4.69) is 11.1 Å². The van der Waals surface area contributed by atoms with E-state index in [9.17, 15) is 4.79 Å². The zero-order chi connectivity index (χ0) is 11.5. The van der Waals surface area contributed by atoms with Crippen molar-refractivity contribution in [1.29, 1.82) is 5.26 Å². The zero-order valence-corrected chi connectivity index (χ0v) is 8.90. The number of aromatic amines is 1. The standard InChI is InChI=1S/C12H11N3O/c1-9-8-14-12(16)15(9)11-5-3-2-4-10(11)6-7-13/h2-5,8H,6H2,1H3,(H,14,16). The number of hydrogen-bond donors (Lipinski definition) is 1. The fourth-order valence-electron chi connectivity index (χ4n) is 1.72. The van der Waals surface area contributed by atoms with Gasteiger partial charge in [0.2, 0.25) is 0 Å². The van der Waals surface area contributed by atoms with Gasteiger partial charge in [0, 0.05) is 11.9 Å². The first kappa shape index (κ1) is 10.2. The van der Waals surface area contributed by atoms with Crippen LogP contribution in [-0.2, 0) is 6.42 Å². The van der Waals surface area contributed by atoms with Gasteiger partial charge >= 0.3 is 5.69 Å². The molecular weight excluding hydrogens is 202 g/mol. The van der Waals surface area contributed by atoms with Crippen LogP contribution in [0.1, 0.15) is 11.3 Å². The van der Waals surface area contributed by atoms with E-state index in [0.29, 0.717) is 6.42 Å². The molecule has 1 N–H and O–H groups in total. The first-order valence-corrected chi connectivity index (χ1v) is 4.96. The van der Waals surface area contributed by atoms with Crippen LogP contribution in [0.3, 0.4) is 0 Å². The molecule has 16 heavy (non-hydrogen) atoms. The molecule has 0 aliphatic carbocycles. The van der Waals surface area contributed by atoms with Crippen LogP contribution in [0.5, 0.6) is 0 Å². The first-order chi connectivity index (χ1) is 7.74. The van der Waals surface area contributed by atoms with Gasteiger partial charge in [0.15, 0.2) is 0 Å². The molecule has 4 heteroatoms. The summed E-state index contributed by atoms with van der Waals surface area (Å²) < 4.78 is 1.58. The van der Waals surface area contributed by atoms with Crippen LogP contribution in [-0.4, -0.2) is 9.55 Å². The van der Waals surface area contributed by atoms with Crippen molar-refractivity contribution in [3.8, 4) is 11.8 Å². The summed E-state index contributed by atoms with van der Waals surface area (Å²) >= 11 is 0. The Hall–Kier alpha value is -2.28. The lowest BCUT2D eigenvalue weighted by Gasteiger charge is -2.08. The predicted molar refractivity (Wildman–Crippen MR) is 60.4 cm³/mol. The molecule has 0 saturated carbocycles. The molecule has 0 saturated heterocycles. The third-order valence-corrected chi connectivity index (χ3v) is 2.46. The van der Waals surface area contributed by atoms with Gasteiger partial charge < -0.3 is 4.98 Å². The second-order valence-electron chi connectivity index (χ2n) is 3.53. The summed E-state index contributed by atoms with van der Waals surface area (Å²) in [5, 5.41) is 8.74. The quantitative estimate of drug-likeness (QED) is 0.822. The maximum atomic E-state index is 11.6. The van der Waals surface area contributed by atoms with E-state index in [4.69, 9.17) is 5.26 Å².